The Bertz CT molecular complexity index is 316. The Labute approximate surface area is 80.9 Å². The fourth-order valence-corrected chi connectivity index (χ4v) is 1.81. The summed E-state index contributed by atoms with van der Waals surface area (Å²) in [5.74, 6) is 0. The van der Waals surface area contributed by atoms with Crippen molar-refractivity contribution in [3.63, 3.8) is 0 Å². The maximum atomic E-state index is 5.40. The van der Waals surface area contributed by atoms with Gasteiger partial charge in [-0.3, -0.25) is 0 Å². The molecule has 1 aliphatic heterocycles. The molecule has 0 radical (unpaired) electrons. The fraction of sp³-hybridized carbons (Fsp3) is 0.400. The zero-order valence-corrected chi connectivity index (χ0v) is 8.81. The van der Waals surface area contributed by atoms with E-state index in [2.05, 4.69) is 48.0 Å². The zero-order valence-electron chi connectivity index (χ0n) is 7.23. The molecule has 0 aliphatic carbocycles. The first-order chi connectivity index (χ1) is 5.63. The van der Waals surface area contributed by atoms with Crippen molar-refractivity contribution < 1.29 is 4.74 Å². The first-order valence-electron chi connectivity index (χ1n) is 4.03. The van der Waals surface area contributed by atoms with E-state index in [0.29, 0.717) is 0 Å². The third kappa shape index (κ3) is 1.19. The molecule has 0 N–H and O–H groups in total. The minimum Gasteiger partial charge on any atom is -0.365 e. The van der Waals surface area contributed by atoms with E-state index in [-0.39, 0.29) is 5.60 Å². The fourth-order valence-electron chi connectivity index (χ4n) is 1.44. The van der Waals surface area contributed by atoms with Crippen LogP contribution in [0, 0.1) is 6.92 Å². The van der Waals surface area contributed by atoms with E-state index in [0.717, 1.165) is 11.1 Å². The quantitative estimate of drug-likeness (QED) is 0.672. The molecule has 1 saturated heterocycles. The normalized spacial score (nSPS) is 27.2. The molecule has 0 spiro atoms. The molecule has 2 rings (SSSR count). The SMILES string of the molecule is Cc1c(Br)cccc1C1(C)CO1. The molecule has 2 heteroatoms. The van der Waals surface area contributed by atoms with Crippen LogP contribution in [0.2, 0.25) is 0 Å². The molecule has 1 atom stereocenters. The van der Waals surface area contributed by atoms with E-state index in [4.69, 9.17) is 4.74 Å². The summed E-state index contributed by atoms with van der Waals surface area (Å²) in [6.07, 6.45) is 0. The molecule has 1 aromatic carbocycles. The molecular weight excluding hydrogens is 216 g/mol. The van der Waals surface area contributed by atoms with Crippen LogP contribution in [0.5, 0.6) is 0 Å². The van der Waals surface area contributed by atoms with Gasteiger partial charge in [-0.05, 0) is 31.0 Å². The van der Waals surface area contributed by atoms with Crippen molar-refractivity contribution in [3.05, 3.63) is 33.8 Å². The predicted octanol–water partition coefficient (Wildman–Crippen LogP) is 3.00. The van der Waals surface area contributed by atoms with Crippen molar-refractivity contribution in [2.75, 3.05) is 6.61 Å². The monoisotopic (exact) mass is 226 g/mol. The first kappa shape index (κ1) is 8.27. The van der Waals surface area contributed by atoms with Gasteiger partial charge in [0, 0.05) is 4.47 Å². The van der Waals surface area contributed by atoms with Crippen LogP contribution in [0.1, 0.15) is 18.1 Å². The minimum atomic E-state index is -0.00609. The minimum absolute atomic E-state index is 0.00609. The van der Waals surface area contributed by atoms with Gasteiger partial charge in [0.05, 0.1) is 6.61 Å². The van der Waals surface area contributed by atoms with Crippen molar-refractivity contribution in [2.45, 2.75) is 19.4 Å². The van der Waals surface area contributed by atoms with E-state index < -0.39 is 0 Å². The Morgan fingerprint density at radius 1 is 1.50 bits per heavy atom. The molecule has 1 heterocycles. The lowest BCUT2D eigenvalue weighted by molar-refractivity contribution is 0.328. The molecule has 1 aromatic rings. The van der Waals surface area contributed by atoms with Gasteiger partial charge in [0.1, 0.15) is 5.60 Å². The van der Waals surface area contributed by atoms with E-state index in [1.807, 2.05) is 0 Å². The van der Waals surface area contributed by atoms with Crippen LogP contribution in [-0.2, 0) is 10.3 Å². The van der Waals surface area contributed by atoms with Gasteiger partial charge in [-0.1, -0.05) is 28.1 Å². The predicted molar refractivity (Wildman–Crippen MR) is 52.2 cm³/mol. The summed E-state index contributed by atoms with van der Waals surface area (Å²) in [6, 6.07) is 6.25. The molecular formula is C10H11BrO. The number of halogens is 1. The number of hydrogen-bond acceptors (Lipinski definition) is 1. The summed E-state index contributed by atoms with van der Waals surface area (Å²) >= 11 is 3.51. The Hall–Kier alpha value is -0.340. The highest BCUT2D eigenvalue weighted by atomic mass is 79.9. The van der Waals surface area contributed by atoms with Crippen molar-refractivity contribution >= 4 is 15.9 Å². The topological polar surface area (TPSA) is 12.5 Å². The Balaban J connectivity index is 2.51. The van der Waals surface area contributed by atoms with Crippen LogP contribution in [0.25, 0.3) is 0 Å². The molecule has 12 heavy (non-hydrogen) atoms. The number of hydrogen-bond donors (Lipinski definition) is 0. The molecule has 0 bridgehead atoms. The van der Waals surface area contributed by atoms with Gasteiger partial charge in [0.2, 0.25) is 0 Å². The van der Waals surface area contributed by atoms with Crippen molar-refractivity contribution in [1.82, 2.24) is 0 Å². The molecule has 64 valence electrons. The van der Waals surface area contributed by atoms with Gasteiger partial charge >= 0.3 is 0 Å². The van der Waals surface area contributed by atoms with Crippen LogP contribution in [0.4, 0.5) is 0 Å². The molecule has 0 amide bonds. The molecule has 1 fully saturated rings. The first-order valence-corrected chi connectivity index (χ1v) is 4.82. The molecule has 0 saturated carbocycles. The van der Waals surface area contributed by atoms with E-state index >= 15 is 0 Å². The molecule has 1 aliphatic rings. The molecule has 1 nitrogen and oxygen atoms in total. The Morgan fingerprint density at radius 2 is 2.17 bits per heavy atom. The lowest BCUT2D eigenvalue weighted by Crippen LogP contribution is -2.04. The van der Waals surface area contributed by atoms with Crippen LogP contribution >= 0.6 is 15.9 Å². The smallest absolute Gasteiger partial charge is 0.114 e. The van der Waals surface area contributed by atoms with Gasteiger partial charge in [-0.25, -0.2) is 0 Å². The standard InChI is InChI=1S/C10H11BrO/c1-7-8(10(2)6-12-10)4-3-5-9(7)11/h3-5H,6H2,1-2H3. The third-order valence-corrected chi connectivity index (χ3v) is 3.27. The summed E-state index contributed by atoms with van der Waals surface area (Å²) in [5.41, 5.74) is 2.59. The van der Waals surface area contributed by atoms with Crippen LogP contribution in [-0.4, -0.2) is 6.61 Å². The van der Waals surface area contributed by atoms with Gasteiger partial charge in [-0.15, -0.1) is 0 Å². The van der Waals surface area contributed by atoms with E-state index in [1.165, 1.54) is 11.1 Å². The average Bonchev–Trinajstić information content (AvgIpc) is 2.75. The summed E-state index contributed by atoms with van der Waals surface area (Å²) < 4.78 is 6.56. The van der Waals surface area contributed by atoms with Crippen LogP contribution in [0.3, 0.4) is 0 Å². The number of rotatable bonds is 1. The summed E-state index contributed by atoms with van der Waals surface area (Å²) in [4.78, 5) is 0. The third-order valence-electron chi connectivity index (χ3n) is 2.41. The van der Waals surface area contributed by atoms with Gasteiger partial charge in [-0.2, -0.15) is 0 Å². The maximum Gasteiger partial charge on any atom is 0.114 e. The lowest BCUT2D eigenvalue weighted by atomic mass is 9.97. The van der Waals surface area contributed by atoms with Gasteiger partial charge < -0.3 is 4.74 Å². The summed E-state index contributed by atoms with van der Waals surface area (Å²) in [6.45, 7) is 5.10. The second kappa shape index (κ2) is 2.57. The van der Waals surface area contributed by atoms with Crippen LogP contribution in [0.15, 0.2) is 22.7 Å². The molecule has 1 unspecified atom stereocenters. The number of benzene rings is 1. The van der Waals surface area contributed by atoms with Crippen LogP contribution < -0.4 is 0 Å². The summed E-state index contributed by atoms with van der Waals surface area (Å²) in [7, 11) is 0. The van der Waals surface area contributed by atoms with Crippen molar-refractivity contribution in [1.29, 1.82) is 0 Å². The number of epoxide rings is 1. The van der Waals surface area contributed by atoms with Gasteiger partial charge in [0.25, 0.3) is 0 Å². The van der Waals surface area contributed by atoms with E-state index in [9.17, 15) is 0 Å². The second-order valence-electron chi connectivity index (χ2n) is 3.43. The largest absolute Gasteiger partial charge is 0.365 e. The maximum absolute atomic E-state index is 5.40. The zero-order chi connectivity index (χ0) is 8.77. The van der Waals surface area contributed by atoms with Crippen molar-refractivity contribution in [2.24, 2.45) is 0 Å². The second-order valence-corrected chi connectivity index (χ2v) is 4.29. The lowest BCUT2D eigenvalue weighted by Gasteiger charge is -2.10. The highest BCUT2D eigenvalue weighted by Gasteiger charge is 2.42. The highest BCUT2D eigenvalue weighted by molar-refractivity contribution is 9.10. The number of ether oxygens (including phenoxy) is 1. The Kier molecular flexibility index (Phi) is 1.77. The Morgan fingerprint density at radius 3 is 2.75 bits per heavy atom. The average molecular weight is 227 g/mol. The highest BCUT2D eigenvalue weighted by Crippen LogP contribution is 2.40. The molecule has 0 aromatic heterocycles. The van der Waals surface area contributed by atoms with Gasteiger partial charge in [0.15, 0.2) is 0 Å². The summed E-state index contributed by atoms with van der Waals surface area (Å²) in [5, 5.41) is 0. The van der Waals surface area contributed by atoms with E-state index in [1.54, 1.807) is 0 Å². The van der Waals surface area contributed by atoms with Crippen molar-refractivity contribution in [3.8, 4) is 0 Å².